The Morgan fingerprint density at radius 2 is 1.95 bits per heavy atom. The first kappa shape index (κ1) is 14.1. The van der Waals surface area contributed by atoms with Crippen molar-refractivity contribution in [3.05, 3.63) is 46.9 Å². The van der Waals surface area contributed by atoms with Crippen molar-refractivity contribution in [3.8, 4) is 6.07 Å². The maximum atomic E-state index is 12.9. The normalized spacial score (nSPS) is 10.9. The number of nitrogens with zero attached hydrogens (tertiary/aromatic N) is 3. The molecule has 1 aromatic heterocycles. The van der Waals surface area contributed by atoms with Crippen molar-refractivity contribution >= 4 is 23.1 Å². The molecule has 1 N–H and O–H groups in total. The summed E-state index contributed by atoms with van der Waals surface area (Å²) in [5.41, 5.74) is -1.03. The van der Waals surface area contributed by atoms with Gasteiger partial charge in [0.25, 0.3) is 0 Å². The van der Waals surface area contributed by atoms with Gasteiger partial charge in [-0.25, -0.2) is 9.97 Å². The van der Waals surface area contributed by atoms with Crippen molar-refractivity contribution in [3.63, 3.8) is 0 Å². The molecule has 0 bridgehead atoms. The van der Waals surface area contributed by atoms with Gasteiger partial charge in [-0.2, -0.15) is 18.4 Å². The van der Waals surface area contributed by atoms with Gasteiger partial charge in [-0.1, -0.05) is 11.6 Å². The highest BCUT2D eigenvalue weighted by molar-refractivity contribution is 6.30. The smallest absolute Gasteiger partial charge is 0.338 e. The summed E-state index contributed by atoms with van der Waals surface area (Å²) in [6, 6.07) is 5.11. The molecule has 4 nitrogen and oxygen atoms in total. The maximum absolute atomic E-state index is 12.9. The van der Waals surface area contributed by atoms with E-state index in [9.17, 15) is 13.2 Å². The number of anilines is 2. The third kappa shape index (κ3) is 3.16. The lowest BCUT2D eigenvalue weighted by atomic mass is 10.1. The van der Waals surface area contributed by atoms with Crippen molar-refractivity contribution in [1.82, 2.24) is 9.97 Å². The van der Waals surface area contributed by atoms with Crippen LogP contribution in [0.3, 0.4) is 0 Å². The number of alkyl halides is 3. The molecule has 0 amide bonds. The molecule has 2 aromatic rings. The number of hydrogen-bond donors (Lipinski definition) is 1. The molecule has 0 fully saturated rings. The number of hydrogen-bond acceptors (Lipinski definition) is 4. The molecule has 0 aliphatic heterocycles. The zero-order chi connectivity index (χ0) is 14.8. The molecule has 0 radical (unpaired) electrons. The lowest BCUT2D eigenvalue weighted by Gasteiger charge is -2.14. The Balaban J connectivity index is 2.35. The second kappa shape index (κ2) is 5.35. The van der Waals surface area contributed by atoms with Gasteiger partial charge in [0.2, 0.25) is 0 Å². The third-order valence-electron chi connectivity index (χ3n) is 2.32. The first-order chi connectivity index (χ1) is 9.40. The molecular formula is C12H6ClF3N4. The topological polar surface area (TPSA) is 61.6 Å². The fraction of sp³-hybridized carbons (Fsp3) is 0.0833. The quantitative estimate of drug-likeness (QED) is 0.917. The van der Waals surface area contributed by atoms with Crippen molar-refractivity contribution in [1.29, 1.82) is 5.26 Å². The second-order valence-electron chi connectivity index (χ2n) is 3.71. The fourth-order valence-corrected chi connectivity index (χ4v) is 1.62. The molecule has 0 saturated carbocycles. The van der Waals surface area contributed by atoms with Crippen LogP contribution in [0.5, 0.6) is 0 Å². The van der Waals surface area contributed by atoms with E-state index in [1.54, 1.807) is 6.07 Å². The van der Waals surface area contributed by atoms with Crippen LogP contribution in [0.4, 0.5) is 24.7 Å². The Morgan fingerprint density at radius 3 is 2.50 bits per heavy atom. The predicted molar refractivity (Wildman–Crippen MR) is 66.5 cm³/mol. The van der Waals surface area contributed by atoms with Crippen LogP contribution in [-0.2, 0) is 6.18 Å². The standard InChI is InChI=1S/C12H6ClF3N4/c13-7-1-2-10(9(3-7)12(14,15)16)20-11-6-18-8(4-17)5-19-11/h1-3,5-6H,(H,19,20). The predicted octanol–water partition coefficient (Wildman–Crippen LogP) is 3.76. The molecule has 20 heavy (non-hydrogen) atoms. The number of nitrogens with one attached hydrogen (secondary N) is 1. The Morgan fingerprint density at radius 1 is 1.20 bits per heavy atom. The third-order valence-corrected chi connectivity index (χ3v) is 2.55. The van der Waals surface area contributed by atoms with E-state index >= 15 is 0 Å². The van der Waals surface area contributed by atoms with E-state index in [-0.39, 0.29) is 22.2 Å². The minimum atomic E-state index is -4.55. The van der Waals surface area contributed by atoms with Gasteiger partial charge in [-0.3, -0.25) is 0 Å². The van der Waals surface area contributed by atoms with E-state index in [1.807, 2.05) is 0 Å². The van der Waals surface area contributed by atoms with Crippen LogP contribution >= 0.6 is 11.6 Å². The SMILES string of the molecule is N#Cc1cnc(Nc2ccc(Cl)cc2C(F)(F)F)cn1. The summed E-state index contributed by atoms with van der Waals surface area (Å²) in [6.07, 6.45) is -2.22. The molecule has 1 heterocycles. The van der Waals surface area contributed by atoms with Crippen LogP contribution in [0.2, 0.25) is 5.02 Å². The van der Waals surface area contributed by atoms with Crippen LogP contribution in [0.25, 0.3) is 0 Å². The Hall–Kier alpha value is -2.33. The first-order valence-corrected chi connectivity index (χ1v) is 5.64. The maximum Gasteiger partial charge on any atom is 0.418 e. The summed E-state index contributed by atoms with van der Waals surface area (Å²) in [6.45, 7) is 0. The number of halogens is 4. The van der Waals surface area contributed by atoms with E-state index in [0.717, 1.165) is 12.3 Å². The summed E-state index contributed by atoms with van der Waals surface area (Å²) in [4.78, 5) is 7.50. The Bertz CT molecular complexity index is 662. The lowest BCUT2D eigenvalue weighted by molar-refractivity contribution is -0.136. The molecule has 0 spiro atoms. The highest BCUT2D eigenvalue weighted by Crippen LogP contribution is 2.37. The number of benzene rings is 1. The Kier molecular flexibility index (Phi) is 3.77. The minimum Gasteiger partial charge on any atom is -0.338 e. The number of aromatic nitrogens is 2. The van der Waals surface area contributed by atoms with Crippen LogP contribution in [0.1, 0.15) is 11.3 Å². The van der Waals surface area contributed by atoms with Crippen LogP contribution < -0.4 is 5.32 Å². The molecule has 8 heteroatoms. The molecule has 0 aliphatic carbocycles. The van der Waals surface area contributed by atoms with Crippen LogP contribution in [0, 0.1) is 11.3 Å². The van der Waals surface area contributed by atoms with Gasteiger partial charge in [0, 0.05) is 5.02 Å². The van der Waals surface area contributed by atoms with Gasteiger partial charge < -0.3 is 5.32 Å². The molecule has 1 aromatic carbocycles. The number of rotatable bonds is 2. The molecule has 0 aliphatic rings. The monoisotopic (exact) mass is 298 g/mol. The van der Waals surface area contributed by atoms with E-state index in [2.05, 4.69) is 15.3 Å². The fourth-order valence-electron chi connectivity index (χ4n) is 1.45. The Labute approximate surface area is 116 Å². The molecule has 0 atom stereocenters. The van der Waals surface area contributed by atoms with Gasteiger partial charge in [0.1, 0.15) is 11.9 Å². The first-order valence-electron chi connectivity index (χ1n) is 5.26. The van der Waals surface area contributed by atoms with Gasteiger partial charge >= 0.3 is 6.18 Å². The van der Waals surface area contributed by atoms with Gasteiger partial charge in [-0.05, 0) is 18.2 Å². The average Bonchev–Trinajstić information content (AvgIpc) is 2.40. The van der Waals surface area contributed by atoms with Crippen molar-refractivity contribution in [2.75, 3.05) is 5.32 Å². The largest absolute Gasteiger partial charge is 0.418 e. The van der Waals surface area contributed by atoms with Crippen LogP contribution in [0.15, 0.2) is 30.6 Å². The van der Waals surface area contributed by atoms with E-state index in [4.69, 9.17) is 16.9 Å². The average molecular weight is 299 g/mol. The summed E-state index contributed by atoms with van der Waals surface area (Å²) in [5, 5.41) is 11.0. The second-order valence-corrected chi connectivity index (χ2v) is 4.15. The van der Waals surface area contributed by atoms with Gasteiger partial charge in [-0.15, -0.1) is 0 Å². The minimum absolute atomic E-state index is 0.0196. The molecule has 2 rings (SSSR count). The molecule has 102 valence electrons. The molecule has 0 unspecified atom stereocenters. The highest BCUT2D eigenvalue weighted by atomic mass is 35.5. The van der Waals surface area contributed by atoms with Crippen molar-refractivity contribution < 1.29 is 13.2 Å². The summed E-state index contributed by atoms with van der Waals surface area (Å²) >= 11 is 5.57. The van der Waals surface area contributed by atoms with E-state index < -0.39 is 11.7 Å². The van der Waals surface area contributed by atoms with Crippen molar-refractivity contribution in [2.45, 2.75) is 6.18 Å². The van der Waals surface area contributed by atoms with E-state index in [1.165, 1.54) is 18.3 Å². The summed E-state index contributed by atoms with van der Waals surface area (Å²) in [7, 11) is 0. The molecule has 0 saturated heterocycles. The molecular weight excluding hydrogens is 293 g/mol. The zero-order valence-electron chi connectivity index (χ0n) is 9.74. The zero-order valence-corrected chi connectivity index (χ0v) is 10.5. The lowest BCUT2D eigenvalue weighted by Crippen LogP contribution is -2.09. The van der Waals surface area contributed by atoms with E-state index in [0.29, 0.717) is 0 Å². The summed E-state index contributed by atoms with van der Waals surface area (Å²) < 4.78 is 38.6. The van der Waals surface area contributed by atoms with Gasteiger partial charge in [0.05, 0.1) is 23.6 Å². The van der Waals surface area contributed by atoms with Gasteiger partial charge in [0.15, 0.2) is 5.69 Å². The van der Waals surface area contributed by atoms with Crippen molar-refractivity contribution in [2.24, 2.45) is 0 Å². The van der Waals surface area contributed by atoms with Crippen LogP contribution in [-0.4, -0.2) is 9.97 Å². The highest BCUT2D eigenvalue weighted by Gasteiger charge is 2.33. The number of nitriles is 1. The summed E-state index contributed by atoms with van der Waals surface area (Å²) in [5.74, 6) is 0.0943.